The Bertz CT molecular complexity index is 726. The van der Waals surface area contributed by atoms with Crippen LogP contribution in [0.2, 0.25) is 0 Å². The lowest BCUT2D eigenvalue weighted by molar-refractivity contribution is 0.499. The van der Waals surface area contributed by atoms with Crippen LogP contribution in [0.4, 0.5) is 0 Å². The maximum absolute atomic E-state index is 12.3. The van der Waals surface area contributed by atoms with Crippen LogP contribution in [0.3, 0.4) is 0 Å². The molecular formula is C13H19BrN4O2. The highest BCUT2D eigenvalue weighted by atomic mass is 79.9. The molecule has 0 aromatic carbocycles. The first-order valence-corrected chi connectivity index (χ1v) is 7.80. The standard InChI is InChI=1S/C13H19BrN4O2/c1-9(2)7-18-11-10(12(19)16(3)13(18)20)17(8-15-11)6-4-5-14/h8-9H,4-7H2,1-3H3. The van der Waals surface area contributed by atoms with Gasteiger partial charge >= 0.3 is 5.69 Å². The van der Waals surface area contributed by atoms with Crippen molar-refractivity contribution in [2.45, 2.75) is 33.4 Å². The lowest BCUT2D eigenvalue weighted by Crippen LogP contribution is -2.39. The lowest BCUT2D eigenvalue weighted by atomic mass is 10.2. The first-order chi connectivity index (χ1) is 9.47. The van der Waals surface area contributed by atoms with Crippen LogP contribution in [0.25, 0.3) is 11.2 Å². The Balaban J connectivity index is 2.71. The second-order valence-corrected chi connectivity index (χ2v) is 6.10. The fourth-order valence-corrected chi connectivity index (χ4v) is 2.49. The molecule has 0 fully saturated rings. The first kappa shape index (κ1) is 15.0. The molecule has 0 amide bonds. The zero-order chi connectivity index (χ0) is 14.9. The van der Waals surface area contributed by atoms with Crippen LogP contribution in [-0.4, -0.2) is 24.0 Å². The van der Waals surface area contributed by atoms with E-state index in [1.165, 1.54) is 7.05 Å². The molecule has 0 aliphatic heterocycles. The third-order valence-electron chi connectivity index (χ3n) is 3.18. The fraction of sp³-hybridized carbons (Fsp3) is 0.615. The summed E-state index contributed by atoms with van der Waals surface area (Å²) in [4.78, 5) is 28.8. The number of aromatic nitrogens is 4. The van der Waals surface area contributed by atoms with Gasteiger partial charge in [-0.05, 0) is 12.3 Å². The minimum atomic E-state index is -0.304. The van der Waals surface area contributed by atoms with Crippen LogP contribution >= 0.6 is 15.9 Å². The maximum atomic E-state index is 12.3. The van der Waals surface area contributed by atoms with Crippen molar-refractivity contribution in [2.24, 2.45) is 13.0 Å². The van der Waals surface area contributed by atoms with Crippen LogP contribution in [0.1, 0.15) is 20.3 Å². The van der Waals surface area contributed by atoms with E-state index >= 15 is 0 Å². The number of fused-ring (bicyclic) bond motifs is 1. The molecule has 0 aliphatic rings. The zero-order valence-corrected chi connectivity index (χ0v) is 13.6. The van der Waals surface area contributed by atoms with Gasteiger partial charge in [-0.25, -0.2) is 9.78 Å². The molecule has 2 rings (SSSR count). The molecule has 20 heavy (non-hydrogen) atoms. The molecule has 2 heterocycles. The number of aryl methyl sites for hydroxylation is 1. The SMILES string of the molecule is CC(C)Cn1c(=O)n(C)c(=O)c2c1ncn2CCCBr. The second kappa shape index (κ2) is 5.95. The smallest absolute Gasteiger partial charge is 0.325 e. The summed E-state index contributed by atoms with van der Waals surface area (Å²) in [5.41, 5.74) is 0.411. The Labute approximate surface area is 125 Å². The fourth-order valence-electron chi connectivity index (χ4n) is 2.23. The van der Waals surface area contributed by atoms with Gasteiger partial charge < -0.3 is 4.57 Å². The van der Waals surface area contributed by atoms with Crippen LogP contribution in [-0.2, 0) is 20.1 Å². The zero-order valence-electron chi connectivity index (χ0n) is 12.0. The lowest BCUT2D eigenvalue weighted by Gasteiger charge is -2.11. The van der Waals surface area contributed by atoms with Crippen molar-refractivity contribution in [1.29, 1.82) is 0 Å². The van der Waals surface area contributed by atoms with Crippen molar-refractivity contribution in [3.63, 3.8) is 0 Å². The topological polar surface area (TPSA) is 61.8 Å². The number of nitrogens with zero attached hydrogens (tertiary/aromatic N) is 4. The average Bonchev–Trinajstić information content (AvgIpc) is 2.82. The highest BCUT2D eigenvalue weighted by Gasteiger charge is 2.16. The van der Waals surface area contributed by atoms with Crippen molar-refractivity contribution < 1.29 is 0 Å². The predicted octanol–water partition coefficient (Wildman–Crippen LogP) is 1.34. The van der Waals surface area contributed by atoms with Crippen molar-refractivity contribution >= 4 is 27.1 Å². The Hall–Kier alpha value is -1.37. The molecule has 6 nitrogen and oxygen atoms in total. The largest absolute Gasteiger partial charge is 0.332 e. The quantitative estimate of drug-likeness (QED) is 0.770. The van der Waals surface area contributed by atoms with Crippen LogP contribution in [0.5, 0.6) is 0 Å². The highest BCUT2D eigenvalue weighted by Crippen LogP contribution is 2.09. The van der Waals surface area contributed by atoms with Gasteiger partial charge in [0.15, 0.2) is 11.2 Å². The molecule has 7 heteroatoms. The molecule has 2 aromatic heterocycles. The normalized spacial score (nSPS) is 11.7. The summed E-state index contributed by atoms with van der Waals surface area (Å²) in [5.74, 6) is 0.307. The number of hydrogen-bond acceptors (Lipinski definition) is 3. The van der Waals surface area contributed by atoms with E-state index in [0.29, 0.717) is 30.2 Å². The third kappa shape index (κ3) is 2.59. The van der Waals surface area contributed by atoms with E-state index in [1.54, 1.807) is 10.9 Å². The molecular weight excluding hydrogens is 324 g/mol. The summed E-state index contributed by atoms with van der Waals surface area (Å²) in [7, 11) is 1.52. The van der Waals surface area contributed by atoms with Gasteiger partial charge in [-0.15, -0.1) is 0 Å². The average molecular weight is 343 g/mol. The van der Waals surface area contributed by atoms with E-state index in [9.17, 15) is 9.59 Å². The number of halogens is 1. The summed E-state index contributed by atoms with van der Waals surface area (Å²) in [6.45, 7) is 5.33. The van der Waals surface area contributed by atoms with Crippen molar-refractivity contribution in [2.75, 3.05) is 5.33 Å². The molecule has 0 radical (unpaired) electrons. The van der Waals surface area contributed by atoms with Crippen LogP contribution in [0.15, 0.2) is 15.9 Å². The molecule has 0 saturated heterocycles. The van der Waals surface area contributed by atoms with Gasteiger partial charge in [-0.1, -0.05) is 29.8 Å². The minimum Gasteiger partial charge on any atom is -0.325 e. The van der Waals surface area contributed by atoms with Gasteiger partial charge in [-0.2, -0.15) is 0 Å². The first-order valence-electron chi connectivity index (χ1n) is 6.68. The number of rotatable bonds is 5. The highest BCUT2D eigenvalue weighted by molar-refractivity contribution is 9.09. The molecule has 0 spiro atoms. The third-order valence-corrected chi connectivity index (χ3v) is 3.74. The van der Waals surface area contributed by atoms with Gasteiger partial charge in [0.1, 0.15) is 0 Å². The molecule has 0 unspecified atom stereocenters. The number of hydrogen-bond donors (Lipinski definition) is 0. The second-order valence-electron chi connectivity index (χ2n) is 5.30. The van der Waals surface area contributed by atoms with E-state index in [-0.39, 0.29) is 11.2 Å². The summed E-state index contributed by atoms with van der Waals surface area (Å²) in [6, 6.07) is 0. The van der Waals surface area contributed by atoms with E-state index in [2.05, 4.69) is 20.9 Å². The van der Waals surface area contributed by atoms with Gasteiger partial charge in [0.25, 0.3) is 5.56 Å². The van der Waals surface area contributed by atoms with Crippen LogP contribution < -0.4 is 11.2 Å². The maximum Gasteiger partial charge on any atom is 0.332 e. The molecule has 2 aromatic rings. The summed E-state index contributed by atoms with van der Waals surface area (Å²) in [6.07, 6.45) is 2.54. The minimum absolute atomic E-state index is 0.280. The molecule has 0 saturated carbocycles. The Kier molecular flexibility index (Phi) is 4.47. The van der Waals surface area contributed by atoms with Crippen molar-refractivity contribution in [3.8, 4) is 0 Å². The number of imidazole rings is 1. The monoisotopic (exact) mass is 342 g/mol. The molecule has 110 valence electrons. The number of alkyl halides is 1. The van der Waals surface area contributed by atoms with E-state index in [4.69, 9.17) is 0 Å². The Morgan fingerprint density at radius 3 is 2.65 bits per heavy atom. The summed E-state index contributed by atoms with van der Waals surface area (Å²) < 4.78 is 4.58. The van der Waals surface area contributed by atoms with Gasteiger partial charge in [0.2, 0.25) is 0 Å². The van der Waals surface area contributed by atoms with Gasteiger partial charge in [0.05, 0.1) is 6.33 Å². The van der Waals surface area contributed by atoms with Crippen molar-refractivity contribution in [3.05, 3.63) is 27.2 Å². The Morgan fingerprint density at radius 2 is 2.05 bits per heavy atom. The van der Waals surface area contributed by atoms with Gasteiger partial charge in [0, 0.05) is 25.5 Å². The van der Waals surface area contributed by atoms with E-state index in [0.717, 1.165) is 16.3 Å². The molecule has 0 aliphatic carbocycles. The van der Waals surface area contributed by atoms with Crippen LogP contribution in [0, 0.1) is 5.92 Å². The van der Waals surface area contributed by atoms with Crippen molar-refractivity contribution in [1.82, 2.24) is 18.7 Å². The summed E-state index contributed by atoms with van der Waals surface area (Å²) in [5, 5.41) is 0.860. The molecule has 0 N–H and O–H groups in total. The predicted molar refractivity (Wildman–Crippen MR) is 82.5 cm³/mol. The molecule has 0 bridgehead atoms. The Morgan fingerprint density at radius 1 is 1.35 bits per heavy atom. The van der Waals surface area contributed by atoms with E-state index < -0.39 is 0 Å². The summed E-state index contributed by atoms with van der Waals surface area (Å²) >= 11 is 3.38. The van der Waals surface area contributed by atoms with E-state index in [1.807, 2.05) is 18.4 Å². The molecule has 0 atom stereocenters. The van der Waals surface area contributed by atoms with Gasteiger partial charge in [-0.3, -0.25) is 13.9 Å².